The number of nitrogens with one attached hydrogen (secondary N) is 2. The Morgan fingerprint density at radius 2 is 1.84 bits per heavy atom. The molecule has 0 radical (unpaired) electrons. The molecular formula is C21H24N4O5S. The van der Waals surface area contributed by atoms with Crippen LogP contribution in [-0.2, 0) is 19.6 Å². The lowest BCUT2D eigenvalue weighted by Gasteiger charge is -2.21. The van der Waals surface area contributed by atoms with Gasteiger partial charge in [-0.05, 0) is 24.3 Å². The van der Waals surface area contributed by atoms with Crippen molar-refractivity contribution >= 4 is 38.9 Å². The highest BCUT2D eigenvalue weighted by molar-refractivity contribution is 7.92. The number of para-hydroxylation sites is 1. The zero-order chi connectivity index (χ0) is 22.9. The topological polar surface area (TPSA) is 129 Å². The number of hydrogen-bond acceptors (Lipinski definition) is 6. The maximum atomic E-state index is 12.6. The molecule has 2 rings (SSSR count). The molecule has 2 aromatic rings. The van der Waals surface area contributed by atoms with Gasteiger partial charge in [-0.2, -0.15) is 5.26 Å². The van der Waals surface area contributed by atoms with Gasteiger partial charge in [0, 0.05) is 36.8 Å². The zero-order valence-electron chi connectivity index (χ0n) is 17.3. The van der Waals surface area contributed by atoms with Gasteiger partial charge >= 0.3 is 0 Å². The van der Waals surface area contributed by atoms with Crippen molar-refractivity contribution in [1.82, 2.24) is 0 Å². The van der Waals surface area contributed by atoms with Gasteiger partial charge in [0.1, 0.15) is 5.75 Å². The van der Waals surface area contributed by atoms with Crippen LogP contribution in [0.1, 0.15) is 19.3 Å². The standard InChI is InChI=1S/C21H24N4O5S/c1-30-19-15-16(9-10-18(19)24-31(2,28)29)23-20(26)11-12-21(27)25(14-6-13-22)17-7-4-3-5-8-17/h3-5,7-10,15,24H,6,11-12,14H2,1-2H3,(H,23,26). The molecule has 0 atom stereocenters. The van der Waals surface area contributed by atoms with Crippen molar-refractivity contribution in [2.75, 3.05) is 34.8 Å². The summed E-state index contributed by atoms with van der Waals surface area (Å²) in [4.78, 5) is 26.4. The Labute approximate surface area is 181 Å². The number of amides is 2. The molecule has 31 heavy (non-hydrogen) atoms. The maximum Gasteiger partial charge on any atom is 0.229 e. The molecule has 0 spiro atoms. The third-order valence-corrected chi connectivity index (χ3v) is 4.75. The minimum Gasteiger partial charge on any atom is -0.494 e. The summed E-state index contributed by atoms with van der Waals surface area (Å²) in [6, 6.07) is 15.5. The molecule has 0 bridgehead atoms. The number of benzene rings is 2. The van der Waals surface area contributed by atoms with Gasteiger partial charge in [-0.25, -0.2) is 8.42 Å². The summed E-state index contributed by atoms with van der Waals surface area (Å²) in [6.45, 7) is 0.243. The lowest BCUT2D eigenvalue weighted by Crippen LogP contribution is -2.32. The molecule has 0 aliphatic rings. The lowest BCUT2D eigenvalue weighted by molar-refractivity contribution is -0.122. The number of carbonyl (C=O) groups excluding carboxylic acids is 2. The van der Waals surface area contributed by atoms with E-state index >= 15 is 0 Å². The summed E-state index contributed by atoms with van der Waals surface area (Å²) in [5.74, 6) is -0.402. The van der Waals surface area contributed by atoms with Crippen LogP contribution in [-0.4, -0.2) is 40.1 Å². The fraction of sp³-hybridized carbons (Fsp3) is 0.286. The maximum absolute atomic E-state index is 12.6. The molecule has 0 aliphatic carbocycles. The monoisotopic (exact) mass is 444 g/mol. The molecule has 0 fully saturated rings. The molecule has 0 aromatic heterocycles. The summed E-state index contributed by atoms with van der Waals surface area (Å²) >= 11 is 0. The quantitative estimate of drug-likeness (QED) is 0.580. The first kappa shape index (κ1) is 23.7. The average molecular weight is 445 g/mol. The highest BCUT2D eigenvalue weighted by Gasteiger charge is 2.17. The third kappa shape index (κ3) is 7.64. The van der Waals surface area contributed by atoms with Gasteiger partial charge < -0.3 is 15.0 Å². The molecule has 0 unspecified atom stereocenters. The summed E-state index contributed by atoms with van der Waals surface area (Å²) in [5.41, 5.74) is 1.31. The summed E-state index contributed by atoms with van der Waals surface area (Å²) in [7, 11) is -2.10. The van der Waals surface area contributed by atoms with Crippen LogP contribution in [0.2, 0.25) is 0 Å². The summed E-state index contributed by atoms with van der Waals surface area (Å²) in [6.07, 6.45) is 1.12. The van der Waals surface area contributed by atoms with E-state index in [-0.39, 0.29) is 49.1 Å². The van der Waals surface area contributed by atoms with Crippen LogP contribution in [0.15, 0.2) is 48.5 Å². The van der Waals surface area contributed by atoms with Gasteiger partial charge in [-0.1, -0.05) is 18.2 Å². The SMILES string of the molecule is COc1cc(NC(=O)CCC(=O)N(CCC#N)c2ccccc2)ccc1NS(C)(=O)=O. The number of carbonyl (C=O) groups is 2. The van der Waals surface area contributed by atoms with Gasteiger partial charge in [0.15, 0.2) is 0 Å². The first-order valence-corrected chi connectivity index (χ1v) is 11.3. The number of anilines is 3. The van der Waals surface area contributed by atoms with E-state index in [4.69, 9.17) is 10.00 Å². The fourth-order valence-corrected chi connectivity index (χ4v) is 3.37. The van der Waals surface area contributed by atoms with Crippen molar-refractivity contribution in [3.8, 4) is 11.8 Å². The molecule has 0 saturated heterocycles. The predicted octanol–water partition coefficient (Wildman–Crippen LogP) is 2.73. The molecule has 0 heterocycles. The van der Waals surface area contributed by atoms with Crippen molar-refractivity contribution in [2.45, 2.75) is 19.3 Å². The van der Waals surface area contributed by atoms with E-state index in [9.17, 15) is 18.0 Å². The number of sulfonamides is 1. The van der Waals surface area contributed by atoms with Crippen molar-refractivity contribution in [1.29, 1.82) is 5.26 Å². The molecule has 0 saturated carbocycles. The van der Waals surface area contributed by atoms with E-state index in [1.807, 2.05) is 12.1 Å². The lowest BCUT2D eigenvalue weighted by atomic mass is 10.2. The van der Waals surface area contributed by atoms with Crippen molar-refractivity contribution in [2.24, 2.45) is 0 Å². The van der Waals surface area contributed by atoms with E-state index in [2.05, 4.69) is 10.0 Å². The van der Waals surface area contributed by atoms with E-state index in [0.29, 0.717) is 11.4 Å². The van der Waals surface area contributed by atoms with Crippen LogP contribution in [0.3, 0.4) is 0 Å². The molecular weight excluding hydrogens is 420 g/mol. The van der Waals surface area contributed by atoms with Crippen LogP contribution in [0.4, 0.5) is 17.1 Å². The van der Waals surface area contributed by atoms with Gasteiger partial charge in [0.25, 0.3) is 0 Å². The second-order valence-electron chi connectivity index (χ2n) is 6.63. The van der Waals surface area contributed by atoms with E-state index in [0.717, 1.165) is 6.26 Å². The highest BCUT2D eigenvalue weighted by atomic mass is 32.2. The predicted molar refractivity (Wildman–Crippen MR) is 118 cm³/mol. The minimum absolute atomic E-state index is 0.0307. The van der Waals surface area contributed by atoms with Crippen LogP contribution in [0, 0.1) is 11.3 Å². The first-order chi connectivity index (χ1) is 14.7. The van der Waals surface area contributed by atoms with E-state index in [1.54, 1.807) is 24.3 Å². The van der Waals surface area contributed by atoms with E-state index < -0.39 is 10.0 Å². The fourth-order valence-electron chi connectivity index (χ4n) is 2.80. The van der Waals surface area contributed by atoms with Gasteiger partial charge in [0.2, 0.25) is 21.8 Å². The largest absolute Gasteiger partial charge is 0.494 e. The Balaban J connectivity index is 2.00. The minimum atomic E-state index is -3.48. The van der Waals surface area contributed by atoms with Crippen molar-refractivity contribution in [3.63, 3.8) is 0 Å². The second kappa shape index (κ2) is 11.0. The Hall–Kier alpha value is -3.58. The van der Waals surface area contributed by atoms with Crippen molar-refractivity contribution < 1.29 is 22.7 Å². The summed E-state index contributed by atoms with van der Waals surface area (Å²) < 4.78 is 30.3. The molecule has 10 heteroatoms. The zero-order valence-corrected chi connectivity index (χ0v) is 18.1. The molecule has 164 valence electrons. The van der Waals surface area contributed by atoms with Gasteiger partial charge in [-0.3, -0.25) is 14.3 Å². The van der Waals surface area contributed by atoms with Crippen molar-refractivity contribution in [3.05, 3.63) is 48.5 Å². The number of ether oxygens (including phenoxy) is 1. The number of rotatable bonds is 10. The number of hydrogen-bond donors (Lipinski definition) is 2. The second-order valence-corrected chi connectivity index (χ2v) is 8.37. The van der Waals surface area contributed by atoms with E-state index in [1.165, 1.54) is 30.2 Å². The van der Waals surface area contributed by atoms with Crippen LogP contribution >= 0.6 is 0 Å². The third-order valence-electron chi connectivity index (χ3n) is 4.16. The Morgan fingerprint density at radius 3 is 2.45 bits per heavy atom. The van der Waals surface area contributed by atoms with Crippen LogP contribution in [0.5, 0.6) is 5.75 Å². The molecule has 2 amide bonds. The summed E-state index contributed by atoms with van der Waals surface area (Å²) in [5, 5.41) is 11.5. The number of nitrogens with zero attached hydrogens (tertiary/aromatic N) is 2. The van der Waals surface area contributed by atoms with Gasteiger partial charge in [0.05, 0.1) is 31.5 Å². The van der Waals surface area contributed by atoms with Crippen LogP contribution < -0.4 is 19.7 Å². The normalized spacial score (nSPS) is 10.6. The molecule has 9 nitrogen and oxygen atoms in total. The molecule has 2 aromatic carbocycles. The number of methoxy groups -OCH3 is 1. The Kier molecular flexibility index (Phi) is 8.40. The molecule has 2 N–H and O–H groups in total. The Bertz CT molecular complexity index is 1060. The number of nitriles is 1. The highest BCUT2D eigenvalue weighted by Crippen LogP contribution is 2.28. The smallest absolute Gasteiger partial charge is 0.229 e. The van der Waals surface area contributed by atoms with Gasteiger partial charge in [-0.15, -0.1) is 0 Å². The average Bonchev–Trinajstić information content (AvgIpc) is 2.73. The molecule has 0 aliphatic heterocycles. The Morgan fingerprint density at radius 1 is 1.13 bits per heavy atom. The first-order valence-electron chi connectivity index (χ1n) is 9.41. The van der Waals surface area contributed by atoms with Crippen LogP contribution in [0.25, 0.3) is 0 Å².